The third-order valence-electron chi connectivity index (χ3n) is 5.08. The van der Waals surface area contributed by atoms with Crippen LogP contribution in [0, 0.1) is 5.92 Å². The van der Waals surface area contributed by atoms with Crippen LogP contribution in [0.1, 0.15) is 42.5 Å². The maximum absolute atomic E-state index is 2.74. The molecule has 0 amide bonds. The van der Waals surface area contributed by atoms with Gasteiger partial charge in [-0.05, 0) is 42.9 Å². The van der Waals surface area contributed by atoms with Crippen LogP contribution >= 0.6 is 0 Å². The highest BCUT2D eigenvalue weighted by atomic mass is 15.2. The highest BCUT2D eigenvalue weighted by molar-refractivity contribution is 5.25. The van der Waals surface area contributed by atoms with Gasteiger partial charge in [0.2, 0.25) is 0 Å². The van der Waals surface area contributed by atoms with Crippen molar-refractivity contribution in [2.24, 2.45) is 5.92 Å². The van der Waals surface area contributed by atoms with E-state index in [1.165, 1.54) is 36.9 Å². The molecule has 0 aliphatic carbocycles. The van der Waals surface area contributed by atoms with Crippen LogP contribution < -0.4 is 0 Å². The van der Waals surface area contributed by atoms with Gasteiger partial charge in [0.1, 0.15) is 0 Å². The van der Waals surface area contributed by atoms with E-state index in [2.05, 4.69) is 65.6 Å². The number of rotatable bonds is 2. The topological polar surface area (TPSA) is 3.24 Å². The van der Waals surface area contributed by atoms with Gasteiger partial charge in [-0.2, -0.15) is 0 Å². The Morgan fingerprint density at radius 1 is 0.700 bits per heavy atom. The molecule has 0 aromatic heterocycles. The zero-order chi connectivity index (χ0) is 13.4. The number of hydrogen-bond donors (Lipinski definition) is 0. The fraction of sp³-hybridized carbons (Fsp3) is 0.368. The highest BCUT2D eigenvalue weighted by Gasteiger charge is 2.40. The zero-order valence-electron chi connectivity index (χ0n) is 11.8. The van der Waals surface area contributed by atoms with Crippen LogP contribution in [0.5, 0.6) is 0 Å². The standard InChI is InChI=1S/C19H21N/c1-3-7-16(8-4-1)18-13-15-11-12-20(18)19(14-15)17-9-5-2-6-10-17/h1-10,15,18-19H,11-14H2/t18-,19-/m0/s1. The third kappa shape index (κ3) is 2.06. The van der Waals surface area contributed by atoms with Crippen LogP contribution in [-0.2, 0) is 0 Å². The molecule has 0 unspecified atom stereocenters. The lowest BCUT2D eigenvalue weighted by molar-refractivity contribution is -0.00579. The molecule has 2 atom stereocenters. The summed E-state index contributed by atoms with van der Waals surface area (Å²) < 4.78 is 0. The summed E-state index contributed by atoms with van der Waals surface area (Å²) in [5.74, 6) is 0.899. The fourth-order valence-corrected chi connectivity index (χ4v) is 4.10. The second kappa shape index (κ2) is 5.06. The van der Waals surface area contributed by atoms with Gasteiger partial charge in [-0.15, -0.1) is 0 Å². The highest BCUT2D eigenvalue weighted by Crippen LogP contribution is 2.49. The molecule has 0 spiro atoms. The average Bonchev–Trinajstić information content (AvgIpc) is 2.57. The van der Waals surface area contributed by atoms with Gasteiger partial charge in [0.25, 0.3) is 0 Å². The fourth-order valence-electron chi connectivity index (χ4n) is 4.10. The summed E-state index contributed by atoms with van der Waals surface area (Å²) in [5.41, 5.74) is 3.00. The van der Waals surface area contributed by atoms with Crippen LogP contribution in [0.25, 0.3) is 0 Å². The van der Waals surface area contributed by atoms with Crippen molar-refractivity contribution in [1.82, 2.24) is 4.90 Å². The number of benzene rings is 2. The predicted octanol–water partition coefficient (Wildman–Crippen LogP) is 4.58. The largest absolute Gasteiger partial charge is 0.289 e. The molecule has 20 heavy (non-hydrogen) atoms. The third-order valence-corrected chi connectivity index (χ3v) is 5.08. The Hall–Kier alpha value is -1.60. The van der Waals surface area contributed by atoms with E-state index >= 15 is 0 Å². The molecular formula is C19H21N. The Morgan fingerprint density at radius 3 is 1.65 bits per heavy atom. The summed E-state index contributed by atoms with van der Waals surface area (Å²) in [7, 11) is 0. The molecule has 3 aliphatic rings. The lowest BCUT2D eigenvalue weighted by Gasteiger charge is -2.51. The van der Waals surface area contributed by atoms with E-state index < -0.39 is 0 Å². The predicted molar refractivity (Wildman–Crippen MR) is 82.4 cm³/mol. The summed E-state index contributed by atoms with van der Waals surface area (Å²) in [4.78, 5) is 2.74. The minimum absolute atomic E-state index is 0.619. The molecule has 3 saturated heterocycles. The van der Waals surface area contributed by atoms with E-state index in [0.29, 0.717) is 12.1 Å². The summed E-state index contributed by atoms with van der Waals surface area (Å²) in [6.07, 6.45) is 4.06. The number of nitrogens with zero attached hydrogens (tertiary/aromatic N) is 1. The Morgan fingerprint density at radius 2 is 1.20 bits per heavy atom. The first kappa shape index (κ1) is 12.2. The molecule has 102 valence electrons. The van der Waals surface area contributed by atoms with Crippen molar-refractivity contribution in [3.05, 3.63) is 71.8 Å². The summed E-state index contributed by atoms with van der Waals surface area (Å²) in [6.45, 7) is 1.25. The smallest absolute Gasteiger partial charge is 0.0356 e. The molecule has 1 heteroatoms. The molecule has 1 nitrogen and oxygen atoms in total. The minimum atomic E-state index is 0.619. The lowest BCUT2D eigenvalue weighted by Crippen LogP contribution is -2.45. The van der Waals surface area contributed by atoms with Crippen molar-refractivity contribution in [2.45, 2.75) is 31.3 Å². The van der Waals surface area contributed by atoms with Crippen LogP contribution in [0.15, 0.2) is 60.7 Å². The van der Waals surface area contributed by atoms with E-state index in [1.807, 2.05) is 0 Å². The van der Waals surface area contributed by atoms with Gasteiger partial charge in [0.15, 0.2) is 0 Å². The Labute approximate surface area is 121 Å². The van der Waals surface area contributed by atoms with Crippen molar-refractivity contribution in [1.29, 1.82) is 0 Å². The van der Waals surface area contributed by atoms with Gasteiger partial charge in [0.05, 0.1) is 0 Å². The molecule has 3 aliphatic heterocycles. The van der Waals surface area contributed by atoms with Crippen LogP contribution in [-0.4, -0.2) is 11.4 Å². The molecular weight excluding hydrogens is 242 g/mol. The van der Waals surface area contributed by atoms with Crippen molar-refractivity contribution < 1.29 is 0 Å². The van der Waals surface area contributed by atoms with E-state index in [-0.39, 0.29) is 0 Å². The number of piperidine rings is 3. The normalized spacial score (nSPS) is 32.2. The van der Waals surface area contributed by atoms with E-state index in [0.717, 1.165) is 5.92 Å². The second-order valence-electron chi connectivity index (χ2n) is 6.22. The molecule has 2 bridgehead atoms. The SMILES string of the molecule is c1ccc([C@@H]2CC3CCN2[C@H](c2ccccc2)C3)cc1. The molecule has 0 N–H and O–H groups in total. The number of fused-ring (bicyclic) bond motifs is 3. The molecule has 3 fully saturated rings. The van der Waals surface area contributed by atoms with Crippen molar-refractivity contribution in [3.63, 3.8) is 0 Å². The minimum Gasteiger partial charge on any atom is -0.289 e. The monoisotopic (exact) mass is 263 g/mol. The first-order chi connectivity index (χ1) is 9.92. The van der Waals surface area contributed by atoms with Gasteiger partial charge < -0.3 is 0 Å². The summed E-state index contributed by atoms with van der Waals surface area (Å²) in [5, 5.41) is 0. The van der Waals surface area contributed by atoms with Crippen LogP contribution in [0.4, 0.5) is 0 Å². The van der Waals surface area contributed by atoms with Crippen LogP contribution in [0.2, 0.25) is 0 Å². The van der Waals surface area contributed by atoms with Gasteiger partial charge in [-0.25, -0.2) is 0 Å². The molecule has 2 aromatic rings. The lowest BCUT2D eigenvalue weighted by atomic mass is 9.75. The van der Waals surface area contributed by atoms with Gasteiger partial charge >= 0.3 is 0 Å². The first-order valence-electron chi connectivity index (χ1n) is 7.77. The Balaban J connectivity index is 1.67. The molecule has 2 aromatic carbocycles. The zero-order valence-corrected chi connectivity index (χ0v) is 11.8. The van der Waals surface area contributed by atoms with Crippen molar-refractivity contribution in [2.75, 3.05) is 6.54 Å². The maximum atomic E-state index is 2.74. The van der Waals surface area contributed by atoms with E-state index in [4.69, 9.17) is 0 Å². The quantitative estimate of drug-likeness (QED) is 0.766. The Bertz CT molecular complexity index is 513. The molecule has 3 heterocycles. The van der Waals surface area contributed by atoms with E-state index in [9.17, 15) is 0 Å². The number of hydrogen-bond acceptors (Lipinski definition) is 1. The van der Waals surface area contributed by atoms with Gasteiger partial charge in [-0.1, -0.05) is 60.7 Å². The molecule has 0 radical (unpaired) electrons. The van der Waals surface area contributed by atoms with Crippen molar-refractivity contribution >= 4 is 0 Å². The first-order valence-corrected chi connectivity index (χ1v) is 7.77. The average molecular weight is 263 g/mol. The van der Waals surface area contributed by atoms with Crippen molar-refractivity contribution in [3.8, 4) is 0 Å². The Kier molecular flexibility index (Phi) is 3.08. The summed E-state index contributed by atoms with van der Waals surface area (Å²) in [6, 6.07) is 23.4. The summed E-state index contributed by atoms with van der Waals surface area (Å²) >= 11 is 0. The van der Waals surface area contributed by atoms with Gasteiger partial charge in [0, 0.05) is 12.1 Å². The van der Waals surface area contributed by atoms with E-state index in [1.54, 1.807) is 0 Å². The van der Waals surface area contributed by atoms with Gasteiger partial charge in [-0.3, -0.25) is 4.90 Å². The van der Waals surface area contributed by atoms with Crippen LogP contribution in [0.3, 0.4) is 0 Å². The maximum Gasteiger partial charge on any atom is 0.0356 e. The second-order valence-corrected chi connectivity index (χ2v) is 6.22. The molecule has 0 saturated carbocycles. The molecule has 5 rings (SSSR count).